The number of carbonyl (C=O) groups is 1. The van der Waals surface area contributed by atoms with E-state index in [-0.39, 0.29) is 5.91 Å². The molecule has 0 aromatic heterocycles. The Bertz CT molecular complexity index is 769. The van der Waals surface area contributed by atoms with E-state index in [1.54, 1.807) is 4.90 Å². The molecular weight excluding hydrogens is 338 g/mol. The predicted molar refractivity (Wildman–Crippen MR) is 105 cm³/mol. The fourth-order valence-corrected chi connectivity index (χ4v) is 4.06. The number of ether oxygens (including phenoxy) is 1. The molecule has 1 fully saturated rings. The van der Waals surface area contributed by atoms with E-state index >= 15 is 0 Å². The van der Waals surface area contributed by atoms with Crippen LogP contribution in [0.2, 0.25) is 0 Å². The molecule has 1 saturated heterocycles. The van der Waals surface area contributed by atoms with Gasteiger partial charge in [-0.1, -0.05) is 36.4 Å². The van der Waals surface area contributed by atoms with Crippen molar-refractivity contribution in [2.24, 2.45) is 0 Å². The molecular formula is C22H29N3O2+2. The zero-order chi connectivity index (χ0) is 18.5. The Hall–Kier alpha value is -2.21. The summed E-state index contributed by atoms with van der Waals surface area (Å²) in [6.07, 6.45) is 1.05. The van der Waals surface area contributed by atoms with Crippen LogP contribution in [0.5, 0.6) is 0 Å². The number of anilines is 1. The Labute approximate surface area is 160 Å². The Balaban J connectivity index is 1.27. The van der Waals surface area contributed by atoms with Crippen molar-refractivity contribution in [3.63, 3.8) is 0 Å². The summed E-state index contributed by atoms with van der Waals surface area (Å²) in [5, 5.41) is 3.06. The van der Waals surface area contributed by atoms with Crippen molar-refractivity contribution in [1.82, 2.24) is 0 Å². The number of carbonyl (C=O) groups excluding carboxylic acids is 1. The standard InChI is InChI=1S/C22H27N3O2/c26-22(17-25-10-9-19-3-1-2-4-20(19)16-25)23-21-7-5-18(6-8-21)15-24-11-13-27-14-12-24/h1-8H,9-17H2,(H,23,26)/p+2. The first kappa shape index (κ1) is 18.2. The van der Waals surface area contributed by atoms with E-state index in [0.717, 1.165) is 58.0 Å². The molecule has 142 valence electrons. The Morgan fingerprint density at radius 3 is 2.44 bits per heavy atom. The molecule has 3 N–H and O–H groups in total. The summed E-state index contributed by atoms with van der Waals surface area (Å²) in [5.41, 5.74) is 5.00. The van der Waals surface area contributed by atoms with Crippen molar-refractivity contribution in [3.8, 4) is 0 Å². The average molecular weight is 367 g/mol. The van der Waals surface area contributed by atoms with Crippen LogP contribution in [-0.4, -0.2) is 45.3 Å². The summed E-state index contributed by atoms with van der Waals surface area (Å²) >= 11 is 0. The van der Waals surface area contributed by atoms with Gasteiger partial charge in [-0.05, 0) is 17.7 Å². The minimum absolute atomic E-state index is 0.0935. The highest BCUT2D eigenvalue weighted by atomic mass is 16.5. The molecule has 0 spiro atoms. The number of quaternary nitrogens is 2. The van der Waals surface area contributed by atoms with E-state index in [1.807, 2.05) is 12.1 Å². The average Bonchev–Trinajstić information content (AvgIpc) is 2.70. The maximum Gasteiger partial charge on any atom is 0.279 e. The zero-order valence-corrected chi connectivity index (χ0v) is 15.8. The molecule has 1 atom stereocenters. The lowest BCUT2D eigenvalue weighted by Crippen LogP contribution is -3.12. The van der Waals surface area contributed by atoms with Crippen molar-refractivity contribution in [1.29, 1.82) is 0 Å². The summed E-state index contributed by atoms with van der Waals surface area (Å²) in [4.78, 5) is 15.3. The van der Waals surface area contributed by atoms with Crippen LogP contribution in [0.3, 0.4) is 0 Å². The summed E-state index contributed by atoms with van der Waals surface area (Å²) in [6.45, 7) is 7.35. The Morgan fingerprint density at radius 2 is 1.67 bits per heavy atom. The second kappa shape index (κ2) is 8.65. The summed E-state index contributed by atoms with van der Waals surface area (Å²) in [7, 11) is 0. The number of benzene rings is 2. The number of nitrogens with one attached hydrogen (secondary N) is 3. The molecule has 0 radical (unpaired) electrons. The van der Waals surface area contributed by atoms with E-state index in [2.05, 4.69) is 41.7 Å². The summed E-state index contributed by atoms with van der Waals surface area (Å²) < 4.78 is 5.41. The number of fused-ring (bicyclic) bond motifs is 1. The normalized spacial score (nSPS) is 20.1. The number of amides is 1. The van der Waals surface area contributed by atoms with Gasteiger partial charge >= 0.3 is 0 Å². The van der Waals surface area contributed by atoms with Crippen LogP contribution in [0.25, 0.3) is 0 Å². The van der Waals surface area contributed by atoms with Gasteiger partial charge < -0.3 is 19.9 Å². The van der Waals surface area contributed by atoms with Crippen LogP contribution >= 0.6 is 0 Å². The van der Waals surface area contributed by atoms with Crippen molar-refractivity contribution >= 4 is 11.6 Å². The molecule has 1 amide bonds. The molecule has 1 unspecified atom stereocenters. The van der Waals surface area contributed by atoms with Crippen LogP contribution in [0.1, 0.15) is 16.7 Å². The molecule has 2 heterocycles. The van der Waals surface area contributed by atoms with Gasteiger partial charge in [0.05, 0.1) is 19.8 Å². The molecule has 0 aliphatic carbocycles. The van der Waals surface area contributed by atoms with E-state index in [9.17, 15) is 4.79 Å². The largest absolute Gasteiger partial charge is 0.370 e. The second-order valence-electron chi connectivity index (χ2n) is 7.66. The fourth-order valence-electron chi connectivity index (χ4n) is 4.06. The number of hydrogen-bond donors (Lipinski definition) is 3. The number of morpholine rings is 1. The van der Waals surface area contributed by atoms with E-state index in [1.165, 1.54) is 21.6 Å². The zero-order valence-electron chi connectivity index (χ0n) is 15.8. The Kier molecular flexibility index (Phi) is 5.82. The fraction of sp³-hybridized carbons (Fsp3) is 0.409. The van der Waals surface area contributed by atoms with E-state index in [0.29, 0.717) is 6.54 Å². The van der Waals surface area contributed by atoms with Gasteiger partial charge in [0.25, 0.3) is 5.91 Å². The van der Waals surface area contributed by atoms with Gasteiger partial charge in [0.1, 0.15) is 26.2 Å². The maximum atomic E-state index is 12.4. The predicted octanol–water partition coefficient (Wildman–Crippen LogP) is -0.319. The van der Waals surface area contributed by atoms with Gasteiger partial charge in [-0.3, -0.25) is 4.79 Å². The Morgan fingerprint density at radius 1 is 0.926 bits per heavy atom. The third-order valence-corrected chi connectivity index (χ3v) is 5.61. The van der Waals surface area contributed by atoms with Crippen LogP contribution in [0.15, 0.2) is 48.5 Å². The third kappa shape index (κ3) is 4.95. The topological polar surface area (TPSA) is 47.2 Å². The van der Waals surface area contributed by atoms with Crippen LogP contribution in [0, 0.1) is 0 Å². The second-order valence-corrected chi connectivity index (χ2v) is 7.66. The molecule has 2 aliphatic heterocycles. The molecule has 27 heavy (non-hydrogen) atoms. The highest BCUT2D eigenvalue weighted by Crippen LogP contribution is 2.11. The minimum Gasteiger partial charge on any atom is -0.370 e. The lowest BCUT2D eigenvalue weighted by atomic mass is 10.00. The molecule has 2 aromatic carbocycles. The highest BCUT2D eigenvalue weighted by Gasteiger charge is 2.21. The monoisotopic (exact) mass is 367 g/mol. The third-order valence-electron chi connectivity index (χ3n) is 5.61. The first-order chi connectivity index (χ1) is 13.3. The molecule has 5 nitrogen and oxygen atoms in total. The van der Waals surface area contributed by atoms with Crippen molar-refractivity contribution in [2.45, 2.75) is 19.5 Å². The van der Waals surface area contributed by atoms with Crippen LogP contribution in [0.4, 0.5) is 5.69 Å². The summed E-state index contributed by atoms with van der Waals surface area (Å²) in [5.74, 6) is 0.0935. The molecule has 5 heteroatoms. The van der Waals surface area contributed by atoms with E-state index < -0.39 is 0 Å². The summed E-state index contributed by atoms with van der Waals surface area (Å²) in [6, 6.07) is 16.9. The van der Waals surface area contributed by atoms with Gasteiger partial charge in [-0.2, -0.15) is 0 Å². The highest BCUT2D eigenvalue weighted by molar-refractivity contribution is 5.91. The molecule has 2 aliphatic rings. The maximum absolute atomic E-state index is 12.4. The van der Waals surface area contributed by atoms with E-state index in [4.69, 9.17) is 4.74 Å². The van der Waals surface area contributed by atoms with Crippen molar-refractivity contribution < 1.29 is 19.3 Å². The van der Waals surface area contributed by atoms with Crippen molar-refractivity contribution in [3.05, 3.63) is 65.2 Å². The van der Waals surface area contributed by atoms with Gasteiger partial charge in [-0.15, -0.1) is 0 Å². The minimum atomic E-state index is 0.0935. The number of hydrogen-bond acceptors (Lipinski definition) is 2. The van der Waals surface area contributed by atoms with Crippen LogP contribution in [-0.2, 0) is 29.0 Å². The smallest absolute Gasteiger partial charge is 0.279 e. The molecule has 0 saturated carbocycles. The van der Waals surface area contributed by atoms with Gasteiger partial charge in [0, 0.05) is 23.2 Å². The van der Waals surface area contributed by atoms with Crippen molar-refractivity contribution in [2.75, 3.05) is 44.7 Å². The first-order valence-corrected chi connectivity index (χ1v) is 9.97. The number of rotatable bonds is 5. The molecule has 2 aromatic rings. The SMILES string of the molecule is O=C(C[NH+]1CCc2ccccc2C1)Nc1ccc(C[NH+]2CCOCC2)cc1. The lowest BCUT2D eigenvalue weighted by Gasteiger charge is -2.25. The quantitative estimate of drug-likeness (QED) is 0.679. The van der Waals surface area contributed by atoms with Gasteiger partial charge in [0.2, 0.25) is 0 Å². The van der Waals surface area contributed by atoms with Gasteiger partial charge in [-0.25, -0.2) is 0 Å². The lowest BCUT2D eigenvalue weighted by molar-refractivity contribution is -0.921. The molecule has 4 rings (SSSR count). The van der Waals surface area contributed by atoms with Gasteiger partial charge in [0.15, 0.2) is 6.54 Å². The first-order valence-electron chi connectivity index (χ1n) is 9.97. The van der Waals surface area contributed by atoms with Crippen LogP contribution < -0.4 is 15.1 Å². The molecule has 0 bridgehead atoms.